The van der Waals surface area contributed by atoms with Gasteiger partial charge in [-0.3, -0.25) is 14.9 Å². The van der Waals surface area contributed by atoms with Crippen molar-refractivity contribution < 1.29 is 14.4 Å². The molecule has 7 nitrogen and oxygen atoms in total. The number of nitrogens with one attached hydrogen (secondary N) is 1. The van der Waals surface area contributed by atoms with E-state index in [0.29, 0.717) is 35.2 Å². The topological polar surface area (TPSA) is 92.3 Å². The van der Waals surface area contributed by atoms with Gasteiger partial charge in [0.1, 0.15) is 17.8 Å². The number of amides is 1. The fourth-order valence-corrected chi connectivity index (χ4v) is 6.84. The number of benzene rings is 3. The van der Waals surface area contributed by atoms with Gasteiger partial charge in [-0.1, -0.05) is 53.8 Å². The van der Waals surface area contributed by atoms with Gasteiger partial charge in [-0.2, -0.15) is 0 Å². The maximum Gasteiger partial charge on any atom is 0.257 e. The lowest BCUT2D eigenvalue weighted by Gasteiger charge is -2.31. The van der Waals surface area contributed by atoms with Gasteiger partial charge in [0.25, 0.3) is 5.91 Å². The second kappa shape index (κ2) is 12.9. The summed E-state index contributed by atoms with van der Waals surface area (Å²) in [5.74, 6) is 0.441. The van der Waals surface area contributed by atoms with Gasteiger partial charge in [0.2, 0.25) is 0 Å². The van der Waals surface area contributed by atoms with Crippen LogP contribution in [-0.4, -0.2) is 34.5 Å². The number of rotatable bonds is 10. The van der Waals surface area contributed by atoms with E-state index in [2.05, 4.69) is 34.3 Å². The van der Waals surface area contributed by atoms with E-state index < -0.39 is 0 Å². The molecular weight excluding hydrogens is 568 g/mol. The zero-order chi connectivity index (χ0) is 30.6. The highest BCUT2D eigenvalue weighted by Crippen LogP contribution is 2.33. The molecule has 0 spiro atoms. The van der Waals surface area contributed by atoms with Crippen LogP contribution < -0.4 is 10.2 Å². The number of thiazole rings is 1. The van der Waals surface area contributed by atoms with Gasteiger partial charge in [0, 0.05) is 37.6 Å². The highest BCUT2D eigenvalue weighted by molar-refractivity contribution is 7.22. The Morgan fingerprint density at radius 1 is 0.955 bits per heavy atom. The number of para-hydroxylation sites is 1. The van der Waals surface area contributed by atoms with Crippen molar-refractivity contribution in [1.82, 2.24) is 9.97 Å². The number of ketones is 1. The Balaban J connectivity index is 1.26. The Kier molecular flexibility index (Phi) is 8.61. The minimum atomic E-state index is -0.183. The molecule has 0 saturated heterocycles. The second-order valence-corrected chi connectivity index (χ2v) is 12.2. The van der Waals surface area contributed by atoms with Crippen LogP contribution in [0.1, 0.15) is 69.3 Å². The number of unbranched alkanes of at least 4 members (excludes halogenated alkanes) is 2. The van der Waals surface area contributed by atoms with Crippen molar-refractivity contribution in [3.63, 3.8) is 0 Å². The molecule has 2 aromatic heterocycles. The Morgan fingerprint density at radius 2 is 1.80 bits per heavy atom. The summed E-state index contributed by atoms with van der Waals surface area (Å²) in [5, 5.41) is 3.58. The first kappa shape index (κ1) is 29.4. The summed E-state index contributed by atoms with van der Waals surface area (Å²) >= 11 is 1.46. The maximum atomic E-state index is 13.5. The van der Waals surface area contributed by atoms with E-state index in [0.717, 1.165) is 76.5 Å². The van der Waals surface area contributed by atoms with Gasteiger partial charge in [-0.05, 0) is 90.8 Å². The van der Waals surface area contributed by atoms with Gasteiger partial charge >= 0.3 is 0 Å². The third-order valence-electron chi connectivity index (χ3n) is 8.32. The lowest BCUT2D eigenvalue weighted by molar-refractivity contribution is -0.107. The molecule has 44 heavy (non-hydrogen) atoms. The molecule has 1 aliphatic rings. The molecule has 3 heterocycles. The first-order chi connectivity index (χ1) is 21.4. The van der Waals surface area contributed by atoms with Crippen molar-refractivity contribution >= 4 is 50.5 Å². The fourth-order valence-electron chi connectivity index (χ4n) is 5.98. The molecule has 222 valence electrons. The van der Waals surface area contributed by atoms with Gasteiger partial charge < -0.3 is 9.69 Å². The zero-order valence-corrected chi connectivity index (χ0v) is 25.7. The van der Waals surface area contributed by atoms with Crippen LogP contribution in [-0.2, 0) is 24.2 Å². The van der Waals surface area contributed by atoms with Gasteiger partial charge in [0.05, 0.1) is 10.2 Å². The molecule has 3 aromatic carbocycles. The first-order valence-corrected chi connectivity index (χ1v) is 15.8. The minimum Gasteiger partial charge on any atom is -0.352 e. The van der Waals surface area contributed by atoms with Crippen LogP contribution in [0.3, 0.4) is 0 Å². The number of hydrogen-bond donors (Lipinski definition) is 1. The zero-order valence-electron chi connectivity index (χ0n) is 24.9. The highest BCUT2D eigenvalue weighted by atomic mass is 32.1. The third-order valence-corrected chi connectivity index (χ3v) is 9.28. The second-order valence-electron chi connectivity index (χ2n) is 11.2. The quantitative estimate of drug-likeness (QED) is 0.101. The molecular formula is C36H34N4O3S. The van der Waals surface area contributed by atoms with Crippen molar-refractivity contribution in [3.8, 4) is 11.1 Å². The van der Waals surface area contributed by atoms with E-state index in [-0.39, 0.29) is 11.7 Å². The molecule has 1 aliphatic heterocycles. The summed E-state index contributed by atoms with van der Waals surface area (Å²) in [6.45, 7) is 4.89. The lowest BCUT2D eigenvalue weighted by Crippen LogP contribution is -2.33. The molecule has 1 amide bonds. The van der Waals surface area contributed by atoms with Gasteiger partial charge in [0.15, 0.2) is 10.9 Å². The normalized spacial score (nSPS) is 12.6. The van der Waals surface area contributed by atoms with Crippen LogP contribution in [0, 0.1) is 6.92 Å². The van der Waals surface area contributed by atoms with Crippen LogP contribution in [0.2, 0.25) is 0 Å². The Labute approximate surface area is 261 Å². The summed E-state index contributed by atoms with van der Waals surface area (Å²) in [4.78, 5) is 48.7. The molecule has 6 rings (SSSR count). The number of carbonyl (C=O) groups excluding carboxylic acids is 3. The molecule has 0 fully saturated rings. The van der Waals surface area contributed by atoms with Crippen molar-refractivity contribution in [1.29, 1.82) is 0 Å². The van der Waals surface area contributed by atoms with Gasteiger partial charge in [-0.15, -0.1) is 0 Å². The van der Waals surface area contributed by atoms with Crippen molar-refractivity contribution in [2.75, 3.05) is 16.8 Å². The van der Waals surface area contributed by atoms with Crippen molar-refractivity contribution in [2.45, 2.75) is 52.5 Å². The number of fused-ring (bicyclic) bond motifs is 2. The summed E-state index contributed by atoms with van der Waals surface area (Å²) in [7, 11) is 0. The number of aromatic nitrogens is 2. The average Bonchev–Trinajstić information content (AvgIpc) is 3.45. The lowest BCUT2D eigenvalue weighted by atomic mass is 9.92. The average molecular weight is 603 g/mol. The number of pyridine rings is 1. The predicted octanol–water partition coefficient (Wildman–Crippen LogP) is 7.60. The molecule has 0 bridgehead atoms. The smallest absolute Gasteiger partial charge is 0.257 e. The molecule has 5 aromatic rings. The van der Waals surface area contributed by atoms with E-state index in [1.54, 1.807) is 6.92 Å². The number of nitrogens with zero attached hydrogens (tertiary/aromatic N) is 3. The van der Waals surface area contributed by atoms with E-state index in [1.807, 2.05) is 60.7 Å². The first-order valence-electron chi connectivity index (χ1n) is 15.0. The molecule has 0 aliphatic carbocycles. The van der Waals surface area contributed by atoms with E-state index in [1.165, 1.54) is 16.9 Å². The summed E-state index contributed by atoms with van der Waals surface area (Å²) < 4.78 is 1.02. The number of anilines is 2. The number of carbonyl (C=O) groups is 3. The van der Waals surface area contributed by atoms with E-state index in [9.17, 15) is 14.4 Å². The van der Waals surface area contributed by atoms with Crippen molar-refractivity contribution in [3.05, 3.63) is 106 Å². The Bertz CT molecular complexity index is 1850. The molecule has 0 saturated carbocycles. The predicted molar refractivity (Wildman–Crippen MR) is 177 cm³/mol. The summed E-state index contributed by atoms with van der Waals surface area (Å²) in [6.07, 6.45) is 5.01. The number of aryl methyl sites for hydroxylation is 1. The minimum absolute atomic E-state index is 0.0917. The highest BCUT2D eigenvalue weighted by Gasteiger charge is 2.25. The third kappa shape index (κ3) is 6.03. The molecule has 0 radical (unpaired) electrons. The summed E-state index contributed by atoms with van der Waals surface area (Å²) in [6, 6.07) is 23.9. The monoisotopic (exact) mass is 602 g/mol. The number of Topliss-reactive ketones (excluding diaryl/α,β-unsaturated/α-hetero) is 1. The molecule has 1 N–H and O–H groups in total. The summed E-state index contributed by atoms with van der Waals surface area (Å²) in [5.41, 5.74) is 8.20. The molecule has 8 heteroatoms. The van der Waals surface area contributed by atoms with Gasteiger partial charge in [-0.25, -0.2) is 9.97 Å². The van der Waals surface area contributed by atoms with Crippen molar-refractivity contribution in [2.24, 2.45) is 0 Å². The van der Waals surface area contributed by atoms with Crippen LogP contribution in [0.5, 0.6) is 0 Å². The van der Waals surface area contributed by atoms with Crippen LogP contribution in [0.15, 0.2) is 72.8 Å². The Hall–Kier alpha value is -4.69. The largest absolute Gasteiger partial charge is 0.352 e. The Morgan fingerprint density at radius 3 is 2.61 bits per heavy atom. The van der Waals surface area contributed by atoms with Crippen LogP contribution >= 0.6 is 11.3 Å². The van der Waals surface area contributed by atoms with Crippen LogP contribution in [0.4, 0.5) is 10.9 Å². The standard InChI is InChI=1S/C36H34N4O3S/c1-23-25(10-4-3-7-21-41)11-8-13-27(23)28-17-18-33(38-34(28)24(2)42)40-20-19-26-12-9-14-29(30(26)22-40)35(43)39-36-37-31-15-5-6-16-32(31)44-36/h5-6,8-9,11-18,21H,3-4,7,10,19-20,22H2,1-2H3,(H,37,39,43). The fraction of sp³-hybridized carbons (Fsp3) is 0.250. The maximum absolute atomic E-state index is 13.5. The SMILES string of the molecule is CC(=O)c1nc(N2CCc3cccc(C(=O)Nc4nc5ccccc5s4)c3C2)ccc1-c1cccc(CCCCC=O)c1C. The molecule has 0 unspecified atom stereocenters. The molecule has 0 atom stereocenters. The van der Waals surface area contributed by atoms with E-state index >= 15 is 0 Å². The number of hydrogen-bond acceptors (Lipinski definition) is 7. The number of aldehydes is 1. The van der Waals surface area contributed by atoms with Crippen LogP contribution in [0.25, 0.3) is 21.3 Å². The van der Waals surface area contributed by atoms with E-state index in [4.69, 9.17) is 4.98 Å².